The van der Waals surface area contributed by atoms with Crippen molar-refractivity contribution in [1.82, 2.24) is 10.2 Å². The molecule has 0 saturated carbocycles. The summed E-state index contributed by atoms with van der Waals surface area (Å²) in [5.41, 5.74) is 9.97. The lowest BCUT2D eigenvalue weighted by Crippen LogP contribution is -2.21. The first kappa shape index (κ1) is 20.3. The molecule has 1 aliphatic rings. The normalized spacial score (nSPS) is 14.8. The van der Waals surface area contributed by atoms with Crippen LogP contribution in [-0.4, -0.2) is 10.2 Å². The lowest BCUT2D eigenvalue weighted by atomic mass is 9.83. The van der Waals surface area contributed by atoms with Gasteiger partial charge in [-0.1, -0.05) is 60.7 Å². The monoisotopic (exact) mass is 438 g/mol. The maximum absolute atomic E-state index is 14.0. The number of nitrogens with zero attached hydrogens (tertiary/aromatic N) is 2. The maximum atomic E-state index is 14.0. The topological polar surface area (TPSA) is 97.0 Å². The minimum atomic E-state index is -0.510. The Morgan fingerprint density at radius 1 is 1.06 bits per heavy atom. The SMILES string of the molecule is N#CC1=C(N)Oc2n[nH]c(-c3ccccc3)c2[C@H]1c1cccc(OCc2ccccc2F)c1. The van der Waals surface area contributed by atoms with Crippen LogP contribution in [0.15, 0.2) is 90.3 Å². The van der Waals surface area contributed by atoms with Gasteiger partial charge in [-0.15, -0.1) is 5.10 Å². The number of aromatic amines is 1. The summed E-state index contributed by atoms with van der Waals surface area (Å²) in [7, 11) is 0. The highest BCUT2D eigenvalue weighted by Gasteiger charge is 2.35. The molecule has 3 aromatic carbocycles. The fourth-order valence-corrected chi connectivity index (χ4v) is 3.96. The number of ether oxygens (including phenoxy) is 2. The van der Waals surface area contributed by atoms with Crippen molar-refractivity contribution in [2.24, 2.45) is 5.73 Å². The zero-order chi connectivity index (χ0) is 22.8. The van der Waals surface area contributed by atoms with Crippen LogP contribution in [0.5, 0.6) is 11.6 Å². The summed E-state index contributed by atoms with van der Waals surface area (Å²) in [6.45, 7) is 0.0826. The average Bonchev–Trinajstić information content (AvgIpc) is 3.26. The highest BCUT2D eigenvalue weighted by molar-refractivity contribution is 5.70. The molecule has 1 aliphatic heterocycles. The van der Waals surface area contributed by atoms with Gasteiger partial charge in [0.2, 0.25) is 11.8 Å². The number of nitrogens with two attached hydrogens (primary N) is 1. The summed E-state index contributed by atoms with van der Waals surface area (Å²) in [4.78, 5) is 0. The van der Waals surface area contributed by atoms with Gasteiger partial charge in [-0.25, -0.2) is 4.39 Å². The van der Waals surface area contributed by atoms with Crippen molar-refractivity contribution >= 4 is 0 Å². The number of halogens is 1. The van der Waals surface area contributed by atoms with Gasteiger partial charge < -0.3 is 15.2 Å². The molecule has 1 atom stereocenters. The van der Waals surface area contributed by atoms with E-state index in [0.29, 0.717) is 17.2 Å². The Morgan fingerprint density at radius 2 is 1.85 bits per heavy atom. The number of benzene rings is 3. The summed E-state index contributed by atoms with van der Waals surface area (Å²) in [6.07, 6.45) is 0. The molecule has 6 nitrogen and oxygen atoms in total. The fourth-order valence-electron chi connectivity index (χ4n) is 3.96. The number of rotatable bonds is 5. The van der Waals surface area contributed by atoms with Crippen molar-refractivity contribution in [3.05, 3.63) is 113 Å². The molecule has 5 rings (SSSR count). The summed E-state index contributed by atoms with van der Waals surface area (Å²) >= 11 is 0. The van der Waals surface area contributed by atoms with Crippen molar-refractivity contribution in [1.29, 1.82) is 5.26 Å². The molecule has 0 radical (unpaired) electrons. The van der Waals surface area contributed by atoms with E-state index in [1.165, 1.54) is 6.07 Å². The van der Waals surface area contributed by atoms with E-state index < -0.39 is 5.92 Å². The summed E-state index contributed by atoms with van der Waals surface area (Å²) in [5.74, 6) is 0.0528. The summed E-state index contributed by atoms with van der Waals surface area (Å²) in [5, 5.41) is 17.2. The third-order valence-electron chi connectivity index (χ3n) is 5.54. The first-order valence-electron chi connectivity index (χ1n) is 10.3. The van der Waals surface area contributed by atoms with E-state index in [1.54, 1.807) is 24.3 Å². The number of fused-ring (bicyclic) bond motifs is 1. The van der Waals surface area contributed by atoms with Crippen molar-refractivity contribution in [2.45, 2.75) is 12.5 Å². The van der Waals surface area contributed by atoms with E-state index in [4.69, 9.17) is 15.2 Å². The van der Waals surface area contributed by atoms with Gasteiger partial charge in [0.25, 0.3) is 0 Å². The molecule has 0 aliphatic carbocycles. The third-order valence-corrected chi connectivity index (χ3v) is 5.54. The van der Waals surface area contributed by atoms with Crippen molar-refractivity contribution in [2.75, 3.05) is 0 Å². The van der Waals surface area contributed by atoms with E-state index in [0.717, 1.165) is 22.4 Å². The van der Waals surface area contributed by atoms with E-state index in [9.17, 15) is 9.65 Å². The largest absolute Gasteiger partial charge is 0.489 e. The minimum Gasteiger partial charge on any atom is -0.489 e. The number of H-pyrrole nitrogens is 1. The smallest absolute Gasteiger partial charge is 0.244 e. The van der Waals surface area contributed by atoms with Crippen molar-refractivity contribution in [3.63, 3.8) is 0 Å². The van der Waals surface area contributed by atoms with Crippen LogP contribution >= 0.6 is 0 Å². The second kappa shape index (κ2) is 8.52. The van der Waals surface area contributed by atoms with Crippen LogP contribution in [0.1, 0.15) is 22.6 Å². The number of nitriles is 1. The molecule has 0 spiro atoms. The van der Waals surface area contributed by atoms with Crippen LogP contribution in [0.3, 0.4) is 0 Å². The van der Waals surface area contributed by atoms with Crippen LogP contribution in [-0.2, 0) is 6.61 Å². The molecule has 0 bridgehead atoms. The number of hydrogen-bond acceptors (Lipinski definition) is 5. The quantitative estimate of drug-likeness (QED) is 0.456. The first-order chi connectivity index (χ1) is 16.2. The summed E-state index contributed by atoms with van der Waals surface area (Å²) < 4.78 is 25.5. The number of hydrogen-bond donors (Lipinski definition) is 2. The van der Waals surface area contributed by atoms with Gasteiger partial charge in [0.15, 0.2) is 0 Å². The van der Waals surface area contributed by atoms with Crippen LogP contribution in [0.2, 0.25) is 0 Å². The highest BCUT2D eigenvalue weighted by Crippen LogP contribution is 2.46. The lowest BCUT2D eigenvalue weighted by molar-refractivity contribution is 0.299. The third kappa shape index (κ3) is 3.79. The molecule has 2 heterocycles. The molecule has 0 saturated heterocycles. The van der Waals surface area contributed by atoms with Crippen LogP contribution in [0.4, 0.5) is 4.39 Å². The zero-order valence-electron chi connectivity index (χ0n) is 17.5. The molecule has 33 heavy (non-hydrogen) atoms. The molecular formula is C26H19FN4O2. The number of nitrogens with one attached hydrogen (secondary N) is 1. The lowest BCUT2D eigenvalue weighted by Gasteiger charge is -2.24. The predicted octanol–water partition coefficient (Wildman–Crippen LogP) is 5.01. The Hall–Kier alpha value is -4.57. The van der Waals surface area contributed by atoms with E-state index in [-0.39, 0.29) is 23.9 Å². The Kier molecular flexibility index (Phi) is 5.25. The minimum absolute atomic E-state index is 0.0128. The molecule has 7 heteroatoms. The second-order valence-electron chi connectivity index (χ2n) is 7.56. The number of aromatic nitrogens is 2. The first-order valence-corrected chi connectivity index (χ1v) is 10.3. The van der Waals surface area contributed by atoms with Crippen LogP contribution < -0.4 is 15.2 Å². The highest BCUT2D eigenvalue weighted by atomic mass is 19.1. The van der Waals surface area contributed by atoms with E-state index in [2.05, 4.69) is 16.3 Å². The fraction of sp³-hybridized carbons (Fsp3) is 0.0769. The molecule has 0 unspecified atom stereocenters. The molecule has 3 N–H and O–H groups in total. The van der Waals surface area contributed by atoms with Gasteiger partial charge in [0.1, 0.15) is 29.8 Å². The summed E-state index contributed by atoms with van der Waals surface area (Å²) in [6, 6.07) is 25.7. The van der Waals surface area contributed by atoms with Gasteiger partial charge in [0, 0.05) is 5.56 Å². The van der Waals surface area contributed by atoms with Crippen molar-refractivity contribution in [3.8, 4) is 29.0 Å². The molecule has 0 fully saturated rings. The van der Waals surface area contributed by atoms with Crippen molar-refractivity contribution < 1.29 is 13.9 Å². The predicted molar refractivity (Wildman–Crippen MR) is 120 cm³/mol. The van der Waals surface area contributed by atoms with E-state index >= 15 is 0 Å². The molecule has 4 aromatic rings. The average molecular weight is 438 g/mol. The van der Waals surface area contributed by atoms with E-state index in [1.807, 2.05) is 48.5 Å². The Morgan fingerprint density at radius 3 is 2.64 bits per heavy atom. The standard InChI is InChI=1S/C26H19FN4O2/c27-21-12-5-4-9-18(21)15-32-19-11-6-10-17(13-19)22-20(14-28)25(29)33-26-23(22)24(30-31-26)16-7-2-1-3-8-16/h1-13,22H,15,29H2,(H,30,31)/t22-/m0/s1. The maximum Gasteiger partial charge on any atom is 0.244 e. The molecule has 162 valence electrons. The molecule has 1 aromatic heterocycles. The Balaban J connectivity index is 1.55. The van der Waals surface area contributed by atoms with Gasteiger partial charge in [-0.3, -0.25) is 5.10 Å². The zero-order valence-corrected chi connectivity index (χ0v) is 17.5. The Labute approximate surface area is 189 Å². The van der Waals surface area contributed by atoms with Crippen LogP contribution in [0, 0.1) is 17.1 Å². The van der Waals surface area contributed by atoms with Gasteiger partial charge in [-0.2, -0.15) is 5.26 Å². The number of allylic oxidation sites excluding steroid dienone is 1. The Bertz CT molecular complexity index is 1390. The molecule has 0 amide bonds. The van der Waals surface area contributed by atoms with Crippen LogP contribution in [0.25, 0.3) is 11.3 Å². The van der Waals surface area contributed by atoms with Gasteiger partial charge in [-0.05, 0) is 29.3 Å². The molecular weight excluding hydrogens is 419 g/mol. The second-order valence-corrected chi connectivity index (χ2v) is 7.56. The van der Waals surface area contributed by atoms with Gasteiger partial charge >= 0.3 is 0 Å². The van der Waals surface area contributed by atoms with Gasteiger partial charge in [0.05, 0.1) is 17.2 Å².